The molecule has 0 spiro atoms. The summed E-state index contributed by atoms with van der Waals surface area (Å²) in [4.78, 5) is 22.5. The third-order valence-electron chi connectivity index (χ3n) is 2.94. The first kappa shape index (κ1) is 17.4. The largest absolute Gasteiger partial charge is 0.465 e. The fourth-order valence-electron chi connectivity index (χ4n) is 1.80. The van der Waals surface area contributed by atoms with Gasteiger partial charge in [-0.05, 0) is 37.3 Å². The summed E-state index contributed by atoms with van der Waals surface area (Å²) in [5, 5.41) is 22.7. The van der Waals surface area contributed by atoms with Crippen molar-refractivity contribution in [3.05, 3.63) is 41.4 Å². The lowest BCUT2D eigenvalue weighted by Gasteiger charge is -2.19. The minimum Gasteiger partial charge on any atom is -0.465 e. The number of nitrogens with one attached hydrogen (secondary N) is 2. The van der Waals surface area contributed by atoms with Crippen molar-refractivity contribution in [2.24, 2.45) is 5.84 Å². The van der Waals surface area contributed by atoms with Crippen LogP contribution in [0.1, 0.15) is 6.92 Å². The molecule has 126 valence electrons. The van der Waals surface area contributed by atoms with Gasteiger partial charge in [0.2, 0.25) is 0 Å². The number of carbonyl (C=O) groups excluding carboxylic acids is 1. The minimum absolute atomic E-state index is 0.0793. The first-order valence-electron chi connectivity index (χ1n) is 6.81. The van der Waals surface area contributed by atoms with Crippen LogP contribution in [0.15, 0.2) is 36.4 Å². The van der Waals surface area contributed by atoms with Gasteiger partial charge in [-0.1, -0.05) is 17.7 Å². The summed E-state index contributed by atoms with van der Waals surface area (Å²) in [6, 6.07) is 9.08. The Hall–Kier alpha value is -2.91. The maximum atomic E-state index is 12.0. The zero-order chi connectivity index (χ0) is 17.7. The molecule has 0 fully saturated rings. The molecule has 0 radical (unpaired) electrons. The fourth-order valence-corrected chi connectivity index (χ4v) is 1.99. The average molecular weight is 351 g/mol. The summed E-state index contributed by atoms with van der Waals surface area (Å²) in [5.41, 5.74) is 0.726. The number of hydrazine groups is 1. The molecule has 0 bridgehead atoms. The maximum absolute atomic E-state index is 12.0. The van der Waals surface area contributed by atoms with Gasteiger partial charge in [0.05, 0.1) is 0 Å². The van der Waals surface area contributed by atoms with Crippen LogP contribution in [0.5, 0.6) is 0 Å². The number of nitrogens with two attached hydrogens (primary N) is 1. The molecule has 10 heteroatoms. The van der Waals surface area contributed by atoms with Crippen molar-refractivity contribution in [2.45, 2.75) is 13.0 Å². The van der Waals surface area contributed by atoms with E-state index in [4.69, 9.17) is 22.6 Å². The molecule has 2 amide bonds. The highest BCUT2D eigenvalue weighted by Gasteiger charge is 2.22. The van der Waals surface area contributed by atoms with Crippen LogP contribution in [-0.4, -0.2) is 33.3 Å². The van der Waals surface area contributed by atoms with Crippen molar-refractivity contribution in [1.29, 1.82) is 0 Å². The Morgan fingerprint density at radius 3 is 2.62 bits per heavy atom. The molecule has 9 nitrogen and oxygen atoms in total. The van der Waals surface area contributed by atoms with E-state index in [1.807, 2.05) is 5.32 Å². The zero-order valence-corrected chi connectivity index (χ0v) is 13.4. The first-order chi connectivity index (χ1) is 11.4. The lowest BCUT2D eigenvalue weighted by Crippen LogP contribution is -2.50. The third kappa shape index (κ3) is 4.54. The lowest BCUT2D eigenvalue weighted by atomic mass is 10.3. The summed E-state index contributed by atoms with van der Waals surface area (Å²) in [6.07, 6.45) is -1.32. The molecular formula is C14H15ClN6O3. The van der Waals surface area contributed by atoms with E-state index in [-0.39, 0.29) is 5.82 Å². The molecule has 0 aliphatic rings. The number of hydrogen-bond acceptors (Lipinski definition) is 6. The molecule has 1 aromatic heterocycles. The van der Waals surface area contributed by atoms with Gasteiger partial charge in [-0.3, -0.25) is 4.79 Å². The Bertz CT molecular complexity index is 740. The number of nitrogens with zero attached hydrogens (tertiary/aromatic N) is 3. The van der Waals surface area contributed by atoms with Crippen molar-refractivity contribution >= 4 is 40.9 Å². The number of halogens is 1. The number of rotatable bonds is 5. The van der Waals surface area contributed by atoms with E-state index in [0.29, 0.717) is 10.8 Å². The van der Waals surface area contributed by atoms with E-state index >= 15 is 0 Å². The van der Waals surface area contributed by atoms with Gasteiger partial charge >= 0.3 is 6.09 Å². The summed E-state index contributed by atoms with van der Waals surface area (Å²) < 4.78 is 0. The Morgan fingerprint density at radius 1 is 1.29 bits per heavy atom. The van der Waals surface area contributed by atoms with E-state index in [2.05, 4.69) is 15.5 Å². The highest BCUT2D eigenvalue weighted by Crippen LogP contribution is 2.19. The van der Waals surface area contributed by atoms with Crippen LogP contribution in [0.4, 0.5) is 22.1 Å². The molecule has 1 atom stereocenters. The van der Waals surface area contributed by atoms with E-state index < -0.39 is 18.0 Å². The Labute approximate surface area is 142 Å². The topological polar surface area (TPSA) is 133 Å². The molecular weight excluding hydrogens is 336 g/mol. The van der Waals surface area contributed by atoms with Crippen LogP contribution in [0.3, 0.4) is 0 Å². The van der Waals surface area contributed by atoms with Crippen molar-refractivity contribution < 1.29 is 14.7 Å². The second-order valence-corrected chi connectivity index (χ2v) is 5.23. The predicted molar refractivity (Wildman–Crippen MR) is 89.1 cm³/mol. The van der Waals surface area contributed by atoms with Crippen molar-refractivity contribution in [2.75, 3.05) is 10.3 Å². The lowest BCUT2D eigenvalue weighted by molar-refractivity contribution is -0.120. The van der Waals surface area contributed by atoms with Crippen LogP contribution < -0.4 is 21.5 Å². The van der Waals surface area contributed by atoms with Gasteiger partial charge in [0.25, 0.3) is 5.91 Å². The third-order valence-corrected chi connectivity index (χ3v) is 3.18. The minimum atomic E-state index is -1.32. The number of benzene rings is 1. The number of carboxylic acid groups (broad SMARTS) is 1. The molecule has 0 saturated heterocycles. The SMILES string of the molecule is C[C@@H](NC(=O)O)C(=O)N(N)c1ccc(Nc2cccc(Cl)c2)nn1. The Kier molecular flexibility index (Phi) is 5.51. The quantitative estimate of drug-likeness (QED) is 0.366. The van der Waals surface area contributed by atoms with Crippen molar-refractivity contribution in [3.8, 4) is 0 Å². The first-order valence-corrected chi connectivity index (χ1v) is 7.19. The number of hydrogen-bond donors (Lipinski definition) is 4. The number of carbonyl (C=O) groups is 2. The van der Waals surface area contributed by atoms with Crippen LogP contribution in [0, 0.1) is 0 Å². The van der Waals surface area contributed by atoms with E-state index in [0.717, 1.165) is 10.7 Å². The van der Waals surface area contributed by atoms with E-state index in [1.165, 1.54) is 13.0 Å². The van der Waals surface area contributed by atoms with Gasteiger partial charge in [0, 0.05) is 10.7 Å². The van der Waals surface area contributed by atoms with Crippen molar-refractivity contribution in [1.82, 2.24) is 15.5 Å². The van der Waals surface area contributed by atoms with Gasteiger partial charge in [0.1, 0.15) is 6.04 Å². The number of anilines is 3. The molecule has 0 saturated carbocycles. The molecule has 0 aliphatic carbocycles. The molecule has 5 N–H and O–H groups in total. The normalized spacial score (nSPS) is 11.5. The zero-order valence-electron chi connectivity index (χ0n) is 12.6. The van der Waals surface area contributed by atoms with Crippen LogP contribution in [0.2, 0.25) is 5.02 Å². The van der Waals surface area contributed by atoms with Gasteiger partial charge in [-0.25, -0.2) is 15.6 Å². The second-order valence-electron chi connectivity index (χ2n) is 4.79. The molecule has 2 rings (SSSR count). The van der Waals surface area contributed by atoms with Crippen LogP contribution >= 0.6 is 11.6 Å². The van der Waals surface area contributed by atoms with Gasteiger partial charge in [0.15, 0.2) is 11.6 Å². The monoisotopic (exact) mass is 350 g/mol. The predicted octanol–water partition coefficient (Wildman–Crippen LogP) is 1.74. The van der Waals surface area contributed by atoms with Gasteiger partial charge in [-0.2, -0.15) is 0 Å². The summed E-state index contributed by atoms with van der Waals surface area (Å²) >= 11 is 5.89. The van der Waals surface area contributed by atoms with Crippen molar-refractivity contribution in [3.63, 3.8) is 0 Å². The van der Waals surface area contributed by atoms with E-state index in [1.54, 1.807) is 30.3 Å². The molecule has 0 aliphatic heterocycles. The summed E-state index contributed by atoms with van der Waals surface area (Å²) in [5.74, 6) is 5.49. The molecule has 2 aromatic rings. The summed E-state index contributed by atoms with van der Waals surface area (Å²) in [6.45, 7) is 1.37. The Morgan fingerprint density at radius 2 is 2.04 bits per heavy atom. The second kappa shape index (κ2) is 7.57. The molecule has 1 heterocycles. The van der Waals surface area contributed by atoms with Gasteiger partial charge in [-0.15, -0.1) is 10.2 Å². The van der Waals surface area contributed by atoms with Crippen LogP contribution in [-0.2, 0) is 4.79 Å². The highest BCUT2D eigenvalue weighted by molar-refractivity contribution is 6.30. The standard InChI is InChI=1S/C14H15ClN6O3/c1-8(17-14(23)24)13(22)21(16)12-6-5-11(19-20-12)18-10-4-2-3-9(15)7-10/h2-8,17H,16H2,1H3,(H,18,19)(H,23,24)/t8-/m1/s1. The van der Waals surface area contributed by atoms with Gasteiger partial charge < -0.3 is 15.7 Å². The summed E-state index contributed by atoms with van der Waals surface area (Å²) in [7, 11) is 0. The average Bonchev–Trinajstić information content (AvgIpc) is 2.53. The number of aromatic nitrogens is 2. The molecule has 1 aromatic carbocycles. The highest BCUT2D eigenvalue weighted by atomic mass is 35.5. The molecule has 0 unspecified atom stereocenters. The molecule has 24 heavy (non-hydrogen) atoms. The Balaban J connectivity index is 2.05. The fraction of sp³-hybridized carbons (Fsp3) is 0.143. The number of amides is 2. The smallest absolute Gasteiger partial charge is 0.405 e. The maximum Gasteiger partial charge on any atom is 0.405 e. The van der Waals surface area contributed by atoms with E-state index in [9.17, 15) is 9.59 Å². The van der Waals surface area contributed by atoms with Crippen LogP contribution in [0.25, 0.3) is 0 Å².